The number of ether oxygens (including phenoxy) is 1. The summed E-state index contributed by atoms with van der Waals surface area (Å²) in [7, 11) is -1.62. The largest absolute Gasteiger partial charge is 0.454 e. The molecule has 0 bridgehead atoms. The van der Waals surface area contributed by atoms with E-state index in [1.165, 1.54) is 34.7 Å². The van der Waals surface area contributed by atoms with E-state index in [0.717, 1.165) is 16.9 Å². The molecule has 0 N–H and O–H groups in total. The molecule has 0 aromatic heterocycles. The Morgan fingerprint density at radius 2 is 1.66 bits per heavy atom. The van der Waals surface area contributed by atoms with Gasteiger partial charge >= 0.3 is 5.97 Å². The number of fused-ring (bicyclic) bond motifs is 1. The van der Waals surface area contributed by atoms with Gasteiger partial charge in [-0.15, -0.1) is 0 Å². The Labute approximate surface area is 207 Å². The summed E-state index contributed by atoms with van der Waals surface area (Å²) in [5.41, 5.74) is 3.33. The highest BCUT2D eigenvalue weighted by atomic mass is 32.2. The standard InChI is InChI=1S/C27H32N2O5S/c1-6-29(7-2)35(32,33)22-15-12-20(13-16-22)14-17-26(31)34-19-21(30)18-25-27(3,4)23-10-8-9-11-24(23)28(25)5/h8-18H,6-7,19H2,1-5H3. The average Bonchev–Trinajstić information content (AvgIpc) is 3.03. The lowest BCUT2D eigenvalue weighted by molar-refractivity contribution is -0.141. The number of sulfonamides is 1. The van der Waals surface area contributed by atoms with Gasteiger partial charge in [0, 0.05) is 49.1 Å². The Balaban J connectivity index is 1.60. The maximum Gasteiger partial charge on any atom is 0.331 e. The number of rotatable bonds is 9. The van der Waals surface area contributed by atoms with E-state index in [4.69, 9.17) is 4.74 Å². The molecule has 0 unspecified atom stereocenters. The number of likely N-dealkylation sites (N-methyl/N-ethyl adjacent to an activating group) is 1. The Bertz CT molecular complexity index is 1260. The molecule has 7 nitrogen and oxygen atoms in total. The normalized spacial score (nSPS) is 16.2. The van der Waals surface area contributed by atoms with E-state index in [-0.39, 0.29) is 22.7 Å². The highest BCUT2D eigenvalue weighted by molar-refractivity contribution is 7.89. The van der Waals surface area contributed by atoms with E-state index in [9.17, 15) is 18.0 Å². The summed E-state index contributed by atoms with van der Waals surface area (Å²) in [6.45, 7) is 8.11. The molecule has 2 aromatic carbocycles. The van der Waals surface area contributed by atoms with E-state index in [1.54, 1.807) is 26.0 Å². The molecule has 0 fully saturated rings. The molecule has 0 aliphatic carbocycles. The number of benzene rings is 2. The molecule has 0 spiro atoms. The topological polar surface area (TPSA) is 84.0 Å². The molecule has 1 aliphatic heterocycles. The van der Waals surface area contributed by atoms with Gasteiger partial charge < -0.3 is 9.64 Å². The van der Waals surface area contributed by atoms with Crippen LogP contribution in [0.1, 0.15) is 38.8 Å². The number of hydrogen-bond donors (Lipinski definition) is 0. The molecule has 1 aliphatic rings. The third kappa shape index (κ3) is 5.55. The van der Waals surface area contributed by atoms with Crippen LogP contribution in [0.5, 0.6) is 0 Å². The summed E-state index contributed by atoms with van der Waals surface area (Å²) in [5.74, 6) is -0.959. The fourth-order valence-electron chi connectivity index (χ4n) is 4.27. The minimum atomic E-state index is -3.54. The van der Waals surface area contributed by atoms with Crippen molar-refractivity contribution in [3.8, 4) is 0 Å². The van der Waals surface area contributed by atoms with Crippen molar-refractivity contribution in [1.82, 2.24) is 4.31 Å². The SMILES string of the molecule is CCN(CC)S(=O)(=O)c1ccc(C=CC(=O)OCC(=O)C=C2N(C)c3ccccc3C2(C)C)cc1. The van der Waals surface area contributed by atoms with Gasteiger partial charge in [0.15, 0.2) is 12.4 Å². The van der Waals surface area contributed by atoms with Gasteiger partial charge in [0.2, 0.25) is 10.0 Å². The van der Waals surface area contributed by atoms with Crippen molar-refractivity contribution in [3.05, 3.63) is 77.5 Å². The number of para-hydroxylation sites is 1. The summed E-state index contributed by atoms with van der Waals surface area (Å²) in [6, 6.07) is 14.2. The van der Waals surface area contributed by atoms with Crippen molar-refractivity contribution in [2.24, 2.45) is 0 Å². The number of anilines is 1. The zero-order chi connectivity index (χ0) is 25.8. The van der Waals surface area contributed by atoms with Gasteiger partial charge in [0.25, 0.3) is 0 Å². The van der Waals surface area contributed by atoms with Gasteiger partial charge in [-0.2, -0.15) is 4.31 Å². The number of allylic oxidation sites excluding steroid dienone is 1. The first-order valence-electron chi connectivity index (χ1n) is 11.6. The van der Waals surface area contributed by atoms with Crippen molar-refractivity contribution < 1.29 is 22.7 Å². The minimum Gasteiger partial charge on any atom is -0.454 e. The maximum absolute atomic E-state index is 12.6. The quantitative estimate of drug-likeness (QED) is 0.383. The third-order valence-electron chi connectivity index (χ3n) is 6.23. The predicted octanol–water partition coefficient (Wildman–Crippen LogP) is 4.15. The van der Waals surface area contributed by atoms with E-state index >= 15 is 0 Å². The first kappa shape index (κ1) is 26.4. The lowest BCUT2D eigenvalue weighted by atomic mass is 9.83. The Morgan fingerprint density at radius 1 is 1.03 bits per heavy atom. The molecule has 0 amide bonds. The summed E-state index contributed by atoms with van der Waals surface area (Å²) in [6.07, 6.45) is 4.27. The lowest BCUT2D eigenvalue weighted by Gasteiger charge is -2.23. The molecule has 0 saturated heterocycles. The molecule has 1 heterocycles. The Morgan fingerprint density at radius 3 is 2.26 bits per heavy atom. The number of esters is 1. The molecule has 0 saturated carbocycles. The molecular formula is C27H32N2O5S. The monoisotopic (exact) mass is 496 g/mol. The molecule has 186 valence electrons. The molecule has 35 heavy (non-hydrogen) atoms. The molecule has 8 heteroatoms. The number of carbonyl (C=O) groups excluding carboxylic acids is 2. The number of nitrogens with zero attached hydrogens (tertiary/aromatic N) is 2. The van der Waals surface area contributed by atoms with Crippen molar-refractivity contribution in [3.63, 3.8) is 0 Å². The second-order valence-electron chi connectivity index (χ2n) is 8.80. The fourth-order valence-corrected chi connectivity index (χ4v) is 5.73. The Hall–Kier alpha value is -3.23. The van der Waals surface area contributed by atoms with Crippen LogP contribution >= 0.6 is 0 Å². The molecule has 2 aromatic rings. The number of ketones is 1. The molecular weight excluding hydrogens is 464 g/mol. The van der Waals surface area contributed by atoms with Crippen molar-refractivity contribution in [2.75, 3.05) is 31.6 Å². The molecule has 0 atom stereocenters. The maximum atomic E-state index is 12.6. The van der Waals surface area contributed by atoms with Gasteiger partial charge in [-0.05, 0) is 35.4 Å². The van der Waals surface area contributed by atoms with Crippen LogP contribution in [-0.4, -0.2) is 51.2 Å². The zero-order valence-corrected chi connectivity index (χ0v) is 21.6. The van der Waals surface area contributed by atoms with E-state index < -0.39 is 16.0 Å². The smallest absolute Gasteiger partial charge is 0.331 e. The van der Waals surface area contributed by atoms with Crippen LogP contribution in [-0.2, 0) is 29.8 Å². The number of carbonyl (C=O) groups is 2. The third-order valence-corrected chi connectivity index (χ3v) is 8.29. The van der Waals surface area contributed by atoms with Crippen LogP contribution in [0, 0.1) is 0 Å². The summed E-state index contributed by atoms with van der Waals surface area (Å²) < 4.78 is 31.6. The average molecular weight is 497 g/mol. The van der Waals surface area contributed by atoms with Crippen molar-refractivity contribution in [1.29, 1.82) is 0 Å². The highest BCUT2D eigenvalue weighted by Crippen LogP contribution is 2.46. The minimum absolute atomic E-state index is 0.196. The molecule has 0 radical (unpaired) electrons. The van der Waals surface area contributed by atoms with Gasteiger partial charge in [0.1, 0.15) is 0 Å². The predicted molar refractivity (Wildman–Crippen MR) is 138 cm³/mol. The van der Waals surface area contributed by atoms with Crippen LogP contribution in [0.3, 0.4) is 0 Å². The van der Waals surface area contributed by atoms with Crippen LogP contribution < -0.4 is 4.90 Å². The van der Waals surface area contributed by atoms with Crippen LogP contribution in [0.4, 0.5) is 5.69 Å². The summed E-state index contributed by atoms with van der Waals surface area (Å²) >= 11 is 0. The summed E-state index contributed by atoms with van der Waals surface area (Å²) in [5, 5.41) is 0. The lowest BCUT2D eigenvalue weighted by Crippen LogP contribution is -2.30. The highest BCUT2D eigenvalue weighted by Gasteiger charge is 2.38. The zero-order valence-electron chi connectivity index (χ0n) is 20.8. The van der Waals surface area contributed by atoms with Crippen LogP contribution in [0.25, 0.3) is 6.08 Å². The van der Waals surface area contributed by atoms with Crippen LogP contribution in [0.2, 0.25) is 0 Å². The van der Waals surface area contributed by atoms with E-state index in [1.807, 2.05) is 36.2 Å². The van der Waals surface area contributed by atoms with E-state index in [0.29, 0.717) is 18.7 Å². The van der Waals surface area contributed by atoms with Gasteiger partial charge in [0.05, 0.1) is 4.90 Å². The summed E-state index contributed by atoms with van der Waals surface area (Å²) in [4.78, 5) is 26.8. The second-order valence-corrected chi connectivity index (χ2v) is 10.7. The van der Waals surface area contributed by atoms with Gasteiger partial charge in [-0.3, -0.25) is 4.79 Å². The first-order chi connectivity index (χ1) is 16.5. The Kier molecular flexibility index (Phi) is 7.97. The van der Waals surface area contributed by atoms with Crippen molar-refractivity contribution >= 4 is 33.5 Å². The molecule has 3 rings (SSSR count). The fraction of sp³-hybridized carbons (Fsp3) is 0.333. The van der Waals surface area contributed by atoms with Gasteiger partial charge in [-0.1, -0.05) is 58.0 Å². The second kappa shape index (κ2) is 10.6. The van der Waals surface area contributed by atoms with Crippen molar-refractivity contribution in [2.45, 2.75) is 38.0 Å². The number of hydrogen-bond acceptors (Lipinski definition) is 6. The van der Waals surface area contributed by atoms with Gasteiger partial charge in [-0.25, -0.2) is 13.2 Å². The first-order valence-corrected chi connectivity index (χ1v) is 13.0. The van der Waals surface area contributed by atoms with E-state index in [2.05, 4.69) is 13.8 Å². The van der Waals surface area contributed by atoms with Crippen LogP contribution in [0.15, 0.2) is 71.3 Å².